The summed E-state index contributed by atoms with van der Waals surface area (Å²) < 4.78 is 1.74. The Morgan fingerprint density at radius 2 is 1.79 bits per heavy atom. The average molecular weight is 457 g/mol. The van der Waals surface area contributed by atoms with Gasteiger partial charge in [0.25, 0.3) is 0 Å². The summed E-state index contributed by atoms with van der Waals surface area (Å²) in [6.07, 6.45) is 8.25. The van der Waals surface area contributed by atoms with E-state index in [0.29, 0.717) is 19.4 Å². The molecule has 0 unspecified atom stereocenters. The number of aromatic amines is 1. The number of para-hydroxylation sites is 1. The Kier molecular flexibility index (Phi) is 7.91. The summed E-state index contributed by atoms with van der Waals surface area (Å²) in [5.74, 6) is 0.199. The molecular weight excluding hydrogens is 424 g/mol. The quantitative estimate of drug-likeness (QED) is 0.277. The van der Waals surface area contributed by atoms with Gasteiger partial charge in [0.15, 0.2) is 0 Å². The number of benzene rings is 2. The Morgan fingerprint density at radius 3 is 2.56 bits per heavy atom. The number of hydrogen-bond donors (Lipinski definition) is 2. The van der Waals surface area contributed by atoms with E-state index >= 15 is 0 Å². The van der Waals surface area contributed by atoms with Gasteiger partial charge >= 0.3 is 0 Å². The normalized spacial score (nSPS) is 12.0. The number of carbonyl (C=O) groups is 2. The van der Waals surface area contributed by atoms with E-state index in [4.69, 9.17) is 0 Å². The molecule has 0 aliphatic heterocycles. The van der Waals surface area contributed by atoms with Crippen LogP contribution in [0.2, 0.25) is 0 Å². The number of ketones is 1. The van der Waals surface area contributed by atoms with Gasteiger partial charge < -0.3 is 15.1 Å². The third-order valence-corrected chi connectivity index (χ3v) is 6.20. The number of nitrogens with one attached hydrogen (secondary N) is 2. The number of amides is 1. The molecule has 1 amide bonds. The zero-order valence-corrected chi connectivity index (χ0v) is 19.7. The van der Waals surface area contributed by atoms with Crippen LogP contribution in [0, 0.1) is 0 Å². The maximum absolute atomic E-state index is 13.1. The summed E-state index contributed by atoms with van der Waals surface area (Å²) in [5.41, 5.74) is 4.55. The van der Waals surface area contributed by atoms with E-state index in [-0.39, 0.29) is 17.7 Å². The van der Waals surface area contributed by atoms with Crippen molar-refractivity contribution in [1.82, 2.24) is 20.1 Å². The fourth-order valence-electron chi connectivity index (χ4n) is 4.48. The molecule has 0 saturated heterocycles. The molecule has 2 aromatic heterocycles. The molecule has 1 atom stereocenters. The second kappa shape index (κ2) is 11.5. The number of rotatable bonds is 12. The lowest BCUT2D eigenvalue weighted by Crippen LogP contribution is -2.34. The first kappa shape index (κ1) is 23.5. The lowest BCUT2D eigenvalue weighted by atomic mass is 10.0. The third kappa shape index (κ3) is 5.81. The highest BCUT2D eigenvalue weighted by atomic mass is 16.2. The maximum atomic E-state index is 13.1. The average Bonchev–Trinajstić information content (AvgIpc) is 3.50. The van der Waals surface area contributed by atoms with Crippen LogP contribution in [0.25, 0.3) is 22.2 Å². The molecule has 2 heterocycles. The van der Waals surface area contributed by atoms with Crippen LogP contribution in [-0.4, -0.2) is 33.0 Å². The highest BCUT2D eigenvalue weighted by Gasteiger charge is 2.21. The summed E-state index contributed by atoms with van der Waals surface area (Å²) in [4.78, 5) is 27.9. The fraction of sp³-hybridized carbons (Fsp3) is 0.321. The van der Waals surface area contributed by atoms with E-state index in [1.807, 2.05) is 42.6 Å². The number of aromatic nitrogens is 3. The third-order valence-electron chi connectivity index (χ3n) is 6.20. The van der Waals surface area contributed by atoms with Crippen molar-refractivity contribution in [2.75, 3.05) is 6.54 Å². The van der Waals surface area contributed by atoms with Gasteiger partial charge in [0.1, 0.15) is 11.8 Å². The van der Waals surface area contributed by atoms with Crippen molar-refractivity contribution in [1.29, 1.82) is 0 Å². The molecule has 6 nitrogen and oxygen atoms in total. The molecule has 0 spiro atoms. The molecule has 0 radical (unpaired) electrons. The summed E-state index contributed by atoms with van der Waals surface area (Å²) >= 11 is 0. The minimum absolute atomic E-state index is 0.0172. The molecule has 2 aromatic carbocycles. The van der Waals surface area contributed by atoms with Gasteiger partial charge in [-0.25, -0.2) is 0 Å². The monoisotopic (exact) mass is 456 g/mol. The first-order valence-electron chi connectivity index (χ1n) is 12.0. The summed E-state index contributed by atoms with van der Waals surface area (Å²) in [6.45, 7) is 2.17. The smallest absolute Gasteiger partial charge is 0.244 e. The van der Waals surface area contributed by atoms with Crippen molar-refractivity contribution in [2.45, 2.75) is 51.5 Å². The van der Waals surface area contributed by atoms with E-state index in [2.05, 4.69) is 39.7 Å². The largest absolute Gasteiger partial charge is 0.354 e. The number of unbranched alkanes of at least 4 members (excludes halogenated alkanes) is 2. The summed E-state index contributed by atoms with van der Waals surface area (Å²) in [5, 5.41) is 8.64. The van der Waals surface area contributed by atoms with Crippen molar-refractivity contribution in [3.05, 3.63) is 78.6 Å². The van der Waals surface area contributed by atoms with E-state index in [0.717, 1.165) is 42.5 Å². The molecule has 176 valence electrons. The van der Waals surface area contributed by atoms with Crippen LogP contribution in [0.4, 0.5) is 0 Å². The minimum atomic E-state index is -0.344. The fourth-order valence-corrected chi connectivity index (χ4v) is 4.48. The molecule has 2 N–H and O–H groups in total. The van der Waals surface area contributed by atoms with Crippen molar-refractivity contribution in [2.24, 2.45) is 0 Å². The predicted molar refractivity (Wildman–Crippen MR) is 135 cm³/mol. The Bertz CT molecular complexity index is 1210. The molecule has 0 saturated carbocycles. The molecular formula is C28H32N4O2. The minimum Gasteiger partial charge on any atom is -0.354 e. The predicted octanol–water partition coefficient (Wildman–Crippen LogP) is 5.47. The highest BCUT2D eigenvalue weighted by molar-refractivity contribution is 5.91. The molecule has 0 bridgehead atoms. The van der Waals surface area contributed by atoms with Crippen LogP contribution in [0.15, 0.2) is 73.1 Å². The van der Waals surface area contributed by atoms with E-state index in [1.165, 1.54) is 10.9 Å². The van der Waals surface area contributed by atoms with Crippen LogP contribution in [0.1, 0.15) is 50.6 Å². The molecule has 6 heteroatoms. The molecule has 34 heavy (non-hydrogen) atoms. The Morgan fingerprint density at radius 1 is 1.00 bits per heavy atom. The number of H-pyrrole nitrogens is 1. The van der Waals surface area contributed by atoms with Crippen molar-refractivity contribution in [3.63, 3.8) is 0 Å². The van der Waals surface area contributed by atoms with Gasteiger partial charge in [-0.15, -0.1) is 0 Å². The summed E-state index contributed by atoms with van der Waals surface area (Å²) in [7, 11) is 0. The zero-order valence-electron chi connectivity index (χ0n) is 19.7. The van der Waals surface area contributed by atoms with Crippen LogP contribution < -0.4 is 5.32 Å². The number of carbonyl (C=O) groups excluding carboxylic acids is 2. The van der Waals surface area contributed by atoms with E-state index in [1.54, 1.807) is 17.8 Å². The van der Waals surface area contributed by atoms with Gasteiger partial charge in [-0.3, -0.25) is 9.48 Å². The Hall–Kier alpha value is -3.67. The van der Waals surface area contributed by atoms with Gasteiger partial charge in [0.2, 0.25) is 5.91 Å². The lowest BCUT2D eigenvalue weighted by molar-refractivity contribution is -0.125. The standard InChI is InChI=1S/C28H32N4O2/c1-21(33)11-4-2-7-16-26(32-20-10-18-30-32)28(34)29-19-17-24-23-14-8-9-15-25(23)31-27(24)22-12-5-3-6-13-22/h3,5-6,8-10,12-15,18,20,26,31H,2,4,7,11,16-17,19H2,1H3,(H,29,34)/t26-/m0/s1. The van der Waals surface area contributed by atoms with Crippen molar-refractivity contribution >= 4 is 22.6 Å². The first-order valence-corrected chi connectivity index (χ1v) is 12.0. The second-order valence-electron chi connectivity index (χ2n) is 8.73. The van der Waals surface area contributed by atoms with Gasteiger partial charge in [0.05, 0.1) is 0 Å². The van der Waals surface area contributed by atoms with E-state index in [9.17, 15) is 9.59 Å². The maximum Gasteiger partial charge on any atom is 0.244 e. The molecule has 0 aliphatic rings. The molecule has 0 fully saturated rings. The number of Topliss-reactive ketones (excluding diaryl/α,β-unsaturated/α-hetero) is 1. The lowest BCUT2D eigenvalue weighted by Gasteiger charge is -2.17. The van der Waals surface area contributed by atoms with Gasteiger partial charge in [0, 0.05) is 42.0 Å². The van der Waals surface area contributed by atoms with Crippen LogP contribution in [-0.2, 0) is 16.0 Å². The topological polar surface area (TPSA) is 79.8 Å². The van der Waals surface area contributed by atoms with Crippen molar-refractivity contribution < 1.29 is 9.59 Å². The highest BCUT2D eigenvalue weighted by Crippen LogP contribution is 2.30. The first-order chi connectivity index (χ1) is 16.6. The van der Waals surface area contributed by atoms with Gasteiger partial charge in [-0.05, 0) is 49.4 Å². The van der Waals surface area contributed by atoms with Crippen LogP contribution >= 0.6 is 0 Å². The Balaban J connectivity index is 1.42. The van der Waals surface area contributed by atoms with Crippen molar-refractivity contribution in [3.8, 4) is 11.3 Å². The number of nitrogens with zero attached hydrogens (tertiary/aromatic N) is 2. The SMILES string of the molecule is CC(=O)CCCCC[C@@H](C(=O)NCCc1c(-c2ccccc2)[nH]c2ccccc12)n1cccn1. The molecule has 4 aromatic rings. The Labute approximate surface area is 200 Å². The summed E-state index contributed by atoms with van der Waals surface area (Å²) in [6, 6.07) is 20.1. The van der Waals surface area contributed by atoms with Crippen LogP contribution in [0.5, 0.6) is 0 Å². The van der Waals surface area contributed by atoms with Crippen LogP contribution in [0.3, 0.4) is 0 Å². The number of hydrogen-bond acceptors (Lipinski definition) is 3. The van der Waals surface area contributed by atoms with Gasteiger partial charge in [-0.2, -0.15) is 5.10 Å². The second-order valence-corrected chi connectivity index (χ2v) is 8.73. The van der Waals surface area contributed by atoms with E-state index < -0.39 is 0 Å². The van der Waals surface area contributed by atoms with Gasteiger partial charge in [-0.1, -0.05) is 61.4 Å². The zero-order chi connectivity index (χ0) is 23.8. The molecule has 4 rings (SSSR count). The molecule has 0 aliphatic carbocycles. The number of fused-ring (bicyclic) bond motifs is 1.